The van der Waals surface area contributed by atoms with Crippen LogP contribution >= 0.6 is 0 Å². The lowest BCUT2D eigenvalue weighted by molar-refractivity contribution is 0.312. The van der Waals surface area contributed by atoms with Crippen LogP contribution in [0.3, 0.4) is 0 Å². The quantitative estimate of drug-likeness (QED) is 0.655. The Kier molecular flexibility index (Phi) is 4.64. The largest absolute Gasteiger partial charge is 0.248 e. The molecule has 1 aromatic carbocycles. The van der Waals surface area contributed by atoms with Crippen LogP contribution in [0.25, 0.3) is 0 Å². The van der Waals surface area contributed by atoms with Gasteiger partial charge in [0, 0.05) is 0 Å². The van der Waals surface area contributed by atoms with Crippen molar-refractivity contribution in [2.24, 2.45) is 0 Å². The molecule has 0 aliphatic heterocycles. The highest BCUT2D eigenvalue weighted by Gasteiger charge is 2.13. The van der Waals surface area contributed by atoms with Gasteiger partial charge in [-0.05, 0) is 31.2 Å². The molecule has 0 saturated carbocycles. The highest BCUT2D eigenvalue weighted by Crippen LogP contribution is 2.26. The topological polar surface area (TPSA) is 0 Å². The van der Waals surface area contributed by atoms with E-state index in [2.05, 4.69) is 19.1 Å². The fourth-order valence-corrected chi connectivity index (χ4v) is 1.89. The van der Waals surface area contributed by atoms with Gasteiger partial charge in [-0.1, -0.05) is 43.7 Å². The fourth-order valence-electron chi connectivity index (χ4n) is 1.89. The van der Waals surface area contributed by atoms with Crippen molar-refractivity contribution in [1.29, 1.82) is 0 Å². The number of hydrogen-bond acceptors (Lipinski definition) is 0. The second kappa shape index (κ2) is 5.79. The first kappa shape index (κ1) is 11.2. The summed E-state index contributed by atoms with van der Waals surface area (Å²) in [6.45, 7) is 3.80. The van der Waals surface area contributed by atoms with Crippen molar-refractivity contribution in [3.63, 3.8) is 0 Å². The summed E-state index contributed by atoms with van der Waals surface area (Å²) in [7, 11) is 0. The van der Waals surface area contributed by atoms with E-state index in [1.165, 1.54) is 5.56 Å². The first-order valence-corrected chi connectivity index (χ1v) is 5.43. The molecule has 0 aliphatic rings. The van der Waals surface area contributed by atoms with E-state index >= 15 is 0 Å². The van der Waals surface area contributed by atoms with Crippen LogP contribution in [-0.2, 0) is 0 Å². The van der Waals surface area contributed by atoms with Gasteiger partial charge in [-0.15, -0.1) is 0 Å². The smallest absolute Gasteiger partial charge is 0.0979 e. The van der Waals surface area contributed by atoms with Gasteiger partial charge in [0.05, 0.1) is 6.17 Å². The Morgan fingerprint density at radius 2 is 1.86 bits per heavy atom. The molecule has 2 atom stereocenters. The summed E-state index contributed by atoms with van der Waals surface area (Å²) in [5.41, 5.74) is 1.28. The second-order valence-corrected chi connectivity index (χ2v) is 3.91. The summed E-state index contributed by atoms with van der Waals surface area (Å²) in [4.78, 5) is 0. The SMILES string of the molecule is CCCC(CC(C)F)c1ccccc1. The third-order valence-corrected chi connectivity index (χ3v) is 2.52. The Hall–Kier alpha value is -0.850. The minimum atomic E-state index is -0.702. The maximum absolute atomic E-state index is 13.0. The van der Waals surface area contributed by atoms with Crippen molar-refractivity contribution in [3.8, 4) is 0 Å². The lowest BCUT2D eigenvalue weighted by atomic mass is 9.90. The second-order valence-electron chi connectivity index (χ2n) is 3.91. The average Bonchev–Trinajstić information content (AvgIpc) is 2.18. The molecule has 0 fully saturated rings. The summed E-state index contributed by atoms with van der Waals surface area (Å²) >= 11 is 0. The zero-order valence-electron chi connectivity index (χ0n) is 9.04. The Bertz CT molecular complexity index is 241. The Labute approximate surface area is 86.2 Å². The van der Waals surface area contributed by atoms with E-state index in [0.717, 1.165) is 12.8 Å². The molecule has 0 radical (unpaired) electrons. The standard InChI is InChI=1S/C13H19F/c1-3-7-13(10-11(2)14)12-8-5-4-6-9-12/h4-6,8-9,11,13H,3,7,10H2,1-2H3. The molecule has 0 saturated heterocycles. The number of halogens is 1. The molecule has 2 unspecified atom stereocenters. The summed E-state index contributed by atoms with van der Waals surface area (Å²) in [6, 6.07) is 10.3. The van der Waals surface area contributed by atoms with Crippen LogP contribution < -0.4 is 0 Å². The van der Waals surface area contributed by atoms with Crippen LogP contribution in [-0.4, -0.2) is 6.17 Å². The van der Waals surface area contributed by atoms with Gasteiger partial charge < -0.3 is 0 Å². The summed E-state index contributed by atoms with van der Waals surface area (Å²) in [6.07, 6.45) is 2.15. The predicted octanol–water partition coefficient (Wildman–Crippen LogP) is 4.32. The number of alkyl halides is 1. The van der Waals surface area contributed by atoms with E-state index in [1.54, 1.807) is 6.92 Å². The van der Waals surface area contributed by atoms with Crippen molar-refractivity contribution < 1.29 is 4.39 Å². The van der Waals surface area contributed by atoms with E-state index in [1.807, 2.05) is 18.2 Å². The van der Waals surface area contributed by atoms with Gasteiger partial charge in [0.15, 0.2) is 0 Å². The molecule has 1 aromatic rings. The lowest BCUT2D eigenvalue weighted by Gasteiger charge is -2.17. The Balaban J connectivity index is 2.67. The minimum Gasteiger partial charge on any atom is -0.248 e. The van der Waals surface area contributed by atoms with Crippen LogP contribution in [0.5, 0.6) is 0 Å². The van der Waals surface area contributed by atoms with Crippen LogP contribution in [0.15, 0.2) is 30.3 Å². The lowest BCUT2D eigenvalue weighted by Crippen LogP contribution is -2.05. The van der Waals surface area contributed by atoms with Crippen LogP contribution in [0.1, 0.15) is 44.6 Å². The average molecular weight is 194 g/mol. The molecule has 0 nitrogen and oxygen atoms in total. The Morgan fingerprint density at radius 1 is 1.21 bits per heavy atom. The van der Waals surface area contributed by atoms with E-state index in [9.17, 15) is 4.39 Å². The van der Waals surface area contributed by atoms with Crippen molar-refractivity contribution in [2.75, 3.05) is 0 Å². The van der Waals surface area contributed by atoms with Gasteiger partial charge in [-0.25, -0.2) is 4.39 Å². The molecule has 0 amide bonds. The molecule has 1 heteroatoms. The summed E-state index contributed by atoms with van der Waals surface area (Å²) in [5, 5.41) is 0. The highest BCUT2D eigenvalue weighted by molar-refractivity contribution is 5.19. The van der Waals surface area contributed by atoms with Gasteiger partial charge >= 0.3 is 0 Å². The maximum Gasteiger partial charge on any atom is 0.0979 e. The maximum atomic E-state index is 13.0. The normalized spacial score (nSPS) is 15.1. The molecule has 0 heterocycles. The summed E-state index contributed by atoms with van der Waals surface area (Å²) in [5.74, 6) is 0.390. The third kappa shape index (κ3) is 3.49. The van der Waals surface area contributed by atoms with Gasteiger partial charge in [0.1, 0.15) is 0 Å². The molecule has 0 N–H and O–H groups in total. The molecule has 0 bridgehead atoms. The van der Waals surface area contributed by atoms with Gasteiger partial charge in [-0.3, -0.25) is 0 Å². The minimum absolute atomic E-state index is 0.390. The highest BCUT2D eigenvalue weighted by atomic mass is 19.1. The first-order valence-electron chi connectivity index (χ1n) is 5.43. The molecular formula is C13H19F. The van der Waals surface area contributed by atoms with Crippen LogP contribution in [0.4, 0.5) is 4.39 Å². The van der Waals surface area contributed by atoms with E-state index in [-0.39, 0.29) is 0 Å². The summed E-state index contributed by atoms with van der Waals surface area (Å²) < 4.78 is 13.0. The van der Waals surface area contributed by atoms with E-state index in [0.29, 0.717) is 12.3 Å². The molecule has 0 aliphatic carbocycles. The number of benzene rings is 1. The number of rotatable bonds is 5. The molecule has 14 heavy (non-hydrogen) atoms. The van der Waals surface area contributed by atoms with Gasteiger partial charge in [0.25, 0.3) is 0 Å². The molecule has 78 valence electrons. The van der Waals surface area contributed by atoms with E-state index < -0.39 is 6.17 Å². The number of hydrogen-bond donors (Lipinski definition) is 0. The molecule has 1 rings (SSSR count). The van der Waals surface area contributed by atoms with Crippen LogP contribution in [0, 0.1) is 0 Å². The van der Waals surface area contributed by atoms with Gasteiger partial charge in [-0.2, -0.15) is 0 Å². The van der Waals surface area contributed by atoms with Crippen molar-refractivity contribution >= 4 is 0 Å². The third-order valence-electron chi connectivity index (χ3n) is 2.52. The zero-order valence-corrected chi connectivity index (χ0v) is 9.04. The van der Waals surface area contributed by atoms with E-state index in [4.69, 9.17) is 0 Å². The zero-order chi connectivity index (χ0) is 10.4. The van der Waals surface area contributed by atoms with Crippen molar-refractivity contribution in [2.45, 2.75) is 45.2 Å². The predicted molar refractivity (Wildman–Crippen MR) is 59.3 cm³/mol. The van der Waals surface area contributed by atoms with Crippen LogP contribution in [0.2, 0.25) is 0 Å². The van der Waals surface area contributed by atoms with Gasteiger partial charge in [0.2, 0.25) is 0 Å². The Morgan fingerprint density at radius 3 is 2.36 bits per heavy atom. The van der Waals surface area contributed by atoms with Crippen molar-refractivity contribution in [1.82, 2.24) is 0 Å². The molecule has 0 aromatic heterocycles. The molecular weight excluding hydrogens is 175 g/mol. The van der Waals surface area contributed by atoms with Crippen molar-refractivity contribution in [3.05, 3.63) is 35.9 Å². The first-order chi connectivity index (χ1) is 6.74. The monoisotopic (exact) mass is 194 g/mol. The fraction of sp³-hybridized carbons (Fsp3) is 0.538. The molecule has 0 spiro atoms.